The predicted octanol–water partition coefficient (Wildman–Crippen LogP) is 4.37. The topological polar surface area (TPSA) is 121 Å². The fraction of sp³-hybridized carbons (Fsp3) is 0. The minimum absolute atomic E-state index is 0.0937. The summed E-state index contributed by atoms with van der Waals surface area (Å²) in [5, 5.41) is 22.8. The zero-order valence-corrected chi connectivity index (χ0v) is 15.9. The van der Waals surface area contributed by atoms with Crippen molar-refractivity contribution in [1.82, 2.24) is 9.55 Å². The Morgan fingerprint density at radius 3 is 2.35 bits per heavy atom. The third-order valence-electron chi connectivity index (χ3n) is 4.65. The van der Waals surface area contributed by atoms with Gasteiger partial charge in [-0.3, -0.25) is 29.6 Å². The zero-order chi connectivity index (χ0) is 22.0. The highest BCUT2D eigenvalue weighted by Gasteiger charge is 2.15. The highest BCUT2D eigenvalue weighted by molar-refractivity contribution is 5.80. The van der Waals surface area contributed by atoms with Crippen molar-refractivity contribution < 1.29 is 9.85 Å². The van der Waals surface area contributed by atoms with Gasteiger partial charge in [0.25, 0.3) is 16.9 Å². The molecule has 4 rings (SSSR count). The molecule has 0 N–H and O–H groups in total. The third kappa shape index (κ3) is 3.79. The lowest BCUT2D eigenvalue weighted by Crippen LogP contribution is -2.22. The summed E-state index contributed by atoms with van der Waals surface area (Å²) in [6.45, 7) is 0. The number of hydrogen-bond donors (Lipinski definition) is 0. The van der Waals surface area contributed by atoms with Crippen LogP contribution in [0.1, 0.15) is 11.4 Å². The third-order valence-corrected chi connectivity index (χ3v) is 4.65. The SMILES string of the molecule is O=c1c2ccccc2nc(C=Cc2ccccc2[N+](=O)[O-])n1-c1cccc([N+](=O)[O-])c1. The Morgan fingerprint density at radius 2 is 1.58 bits per heavy atom. The molecule has 0 bridgehead atoms. The Bertz CT molecular complexity index is 1430. The Morgan fingerprint density at radius 1 is 0.839 bits per heavy atom. The van der Waals surface area contributed by atoms with Crippen molar-refractivity contribution in [2.24, 2.45) is 0 Å². The van der Waals surface area contributed by atoms with Gasteiger partial charge in [-0.05, 0) is 36.4 Å². The molecule has 0 radical (unpaired) electrons. The maximum atomic E-state index is 13.2. The molecule has 0 amide bonds. The largest absolute Gasteiger partial charge is 0.276 e. The monoisotopic (exact) mass is 414 g/mol. The van der Waals surface area contributed by atoms with Crippen molar-refractivity contribution in [3.05, 3.63) is 115 Å². The second-order valence-electron chi connectivity index (χ2n) is 6.55. The van der Waals surface area contributed by atoms with E-state index in [0.29, 0.717) is 16.5 Å². The fourth-order valence-electron chi connectivity index (χ4n) is 3.22. The van der Waals surface area contributed by atoms with E-state index in [2.05, 4.69) is 4.98 Å². The van der Waals surface area contributed by atoms with Crippen LogP contribution < -0.4 is 5.56 Å². The molecule has 0 unspecified atom stereocenters. The van der Waals surface area contributed by atoms with Crippen molar-refractivity contribution in [3.8, 4) is 5.69 Å². The summed E-state index contributed by atoms with van der Waals surface area (Å²) in [6.07, 6.45) is 2.97. The van der Waals surface area contributed by atoms with Gasteiger partial charge in [-0.2, -0.15) is 0 Å². The van der Waals surface area contributed by atoms with Gasteiger partial charge >= 0.3 is 0 Å². The van der Waals surface area contributed by atoms with E-state index in [9.17, 15) is 25.0 Å². The lowest BCUT2D eigenvalue weighted by molar-refractivity contribution is -0.385. The summed E-state index contributed by atoms with van der Waals surface area (Å²) >= 11 is 0. The lowest BCUT2D eigenvalue weighted by Gasteiger charge is -2.11. The zero-order valence-electron chi connectivity index (χ0n) is 15.9. The number of nitrogens with zero attached hydrogens (tertiary/aromatic N) is 4. The van der Waals surface area contributed by atoms with Crippen molar-refractivity contribution >= 4 is 34.4 Å². The van der Waals surface area contributed by atoms with Crippen LogP contribution in [0.25, 0.3) is 28.7 Å². The van der Waals surface area contributed by atoms with E-state index in [-0.39, 0.29) is 22.9 Å². The van der Waals surface area contributed by atoms with Gasteiger partial charge in [0.15, 0.2) is 0 Å². The van der Waals surface area contributed by atoms with E-state index in [1.165, 1.54) is 41.0 Å². The van der Waals surface area contributed by atoms with Crippen LogP contribution >= 0.6 is 0 Å². The van der Waals surface area contributed by atoms with Crippen molar-refractivity contribution in [2.75, 3.05) is 0 Å². The van der Waals surface area contributed by atoms with Crippen LogP contribution in [-0.4, -0.2) is 19.4 Å². The molecule has 1 aromatic heterocycles. The number of para-hydroxylation sites is 2. The van der Waals surface area contributed by atoms with Gasteiger partial charge in [0.05, 0.1) is 32.0 Å². The van der Waals surface area contributed by atoms with Crippen molar-refractivity contribution in [3.63, 3.8) is 0 Å². The average Bonchev–Trinajstić information content (AvgIpc) is 2.78. The Labute approximate surface area is 174 Å². The molecule has 4 aromatic rings. The van der Waals surface area contributed by atoms with Crippen LogP contribution in [0.3, 0.4) is 0 Å². The fourth-order valence-corrected chi connectivity index (χ4v) is 3.22. The van der Waals surface area contributed by atoms with Gasteiger partial charge in [0.2, 0.25) is 0 Å². The summed E-state index contributed by atoms with van der Waals surface area (Å²) in [6, 6.07) is 18.5. The van der Waals surface area contributed by atoms with Crippen LogP contribution in [0.5, 0.6) is 0 Å². The quantitative estimate of drug-likeness (QED) is 0.353. The molecule has 1 heterocycles. The molecular formula is C22H14N4O5. The summed E-state index contributed by atoms with van der Waals surface area (Å²) in [7, 11) is 0. The number of hydrogen-bond acceptors (Lipinski definition) is 6. The van der Waals surface area contributed by atoms with E-state index in [1.807, 2.05) is 0 Å². The summed E-state index contributed by atoms with van der Waals surface area (Å²) < 4.78 is 1.25. The molecule has 0 saturated heterocycles. The van der Waals surface area contributed by atoms with Crippen molar-refractivity contribution in [1.29, 1.82) is 0 Å². The molecule has 152 valence electrons. The first-order chi connectivity index (χ1) is 15.0. The molecular weight excluding hydrogens is 400 g/mol. The summed E-state index contributed by atoms with van der Waals surface area (Å²) in [4.78, 5) is 39.2. The second-order valence-corrected chi connectivity index (χ2v) is 6.55. The standard InChI is InChI=1S/C22H14N4O5/c27-22-18-9-2-3-10-19(18)23-21(13-12-15-6-1-4-11-20(15)26(30)31)24(22)16-7-5-8-17(14-16)25(28)29/h1-14H. The van der Waals surface area contributed by atoms with E-state index >= 15 is 0 Å². The molecule has 31 heavy (non-hydrogen) atoms. The van der Waals surface area contributed by atoms with E-state index in [1.54, 1.807) is 48.5 Å². The molecule has 0 spiro atoms. The molecule has 3 aromatic carbocycles. The number of fused-ring (bicyclic) bond motifs is 1. The summed E-state index contributed by atoms with van der Waals surface area (Å²) in [5.74, 6) is 0.183. The number of nitro groups is 2. The number of aromatic nitrogens is 2. The Balaban J connectivity index is 1.96. The molecule has 9 heteroatoms. The minimum atomic E-state index is -0.550. The van der Waals surface area contributed by atoms with Crippen LogP contribution in [0.15, 0.2) is 77.6 Å². The van der Waals surface area contributed by atoms with Gasteiger partial charge in [-0.15, -0.1) is 0 Å². The highest BCUT2D eigenvalue weighted by atomic mass is 16.6. The lowest BCUT2D eigenvalue weighted by atomic mass is 10.1. The maximum Gasteiger partial charge on any atom is 0.276 e. The highest BCUT2D eigenvalue weighted by Crippen LogP contribution is 2.22. The molecule has 0 aliphatic rings. The van der Waals surface area contributed by atoms with E-state index in [0.717, 1.165) is 0 Å². The van der Waals surface area contributed by atoms with Crippen LogP contribution in [0.4, 0.5) is 11.4 Å². The number of benzene rings is 3. The first-order valence-corrected chi connectivity index (χ1v) is 9.14. The predicted molar refractivity (Wildman–Crippen MR) is 116 cm³/mol. The van der Waals surface area contributed by atoms with Crippen LogP contribution in [0, 0.1) is 20.2 Å². The normalized spacial score (nSPS) is 11.1. The first kappa shape index (κ1) is 19.6. The molecule has 0 fully saturated rings. The molecule has 0 aliphatic carbocycles. The van der Waals surface area contributed by atoms with Gasteiger partial charge in [-0.1, -0.05) is 30.3 Å². The van der Waals surface area contributed by atoms with Gasteiger partial charge in [0, 0.05) is 18.2 Å². The van der Waals surface area contributed by atoms with Gasteiger partial charge in [-0.25, -0.2) is 4.98 Å². The van der Waals surface area contributed by atoms with Crippen LogP contribution in [0.2, 0.25) is 0 Å². The summed E-state index contributed by atoms with van der Waals surface area (Å²) in [5.41, 5.74) is 0.361. The van der Waals surface area contributed by atoms with Gasteiger partial charge < -0.3 is 0 Å². The number of nitro benzene ring substituents is 2. The second kappa shape index (κ2) is 7.99. The Hall–Kier alpha value is -4.66. The smallest absolute Gasteiger partial charge is 0.268 e. The number of non-ortho nitro benzene ring substituents is 1. The maximum absolute atomic E-state index is 13.2. The number of rotatable bonds is 5. The molecule has 0 saturated carbocycles. The molecule has 9 nitrogen and oxygen atoms in total. The average molecular weight is 414 g/mol. The van der Waals surface area contributed by atoms with E-state index < -0.39 is 15.4 Å². The van der Waals surface area contributed by atoms with Crippen molar-refractivity contribution in [2.45, 2.75) is 0 Å². The minimum Gasteiger partial charge on any atom is -0.268 e. The molecule has 0 aliphatic heterocycles. The molecule has 0 atom stereocenters. The Kier molecular flexibility index (Phi) is 5.07. The first-order valence-electron chi connectivity index (χ1n) is 9.14. The van der Waals surface area contributed by atoms with E-state index in [4.69, 9.17) is 0 Å². The van der Waals surface area contributed by atoms with Gasteiger partial charge in [0.1, 0.15) is 5.82 Å². The van der Waals surface area contributed by atoms with Crippen LogP contribution in [-0.2, 0) is 0 Å².